The number of benzene rings is 1. The van der Waals surface area contributed by atoms with Crippen LogP contribution in [0.1, 0.15) is 24.2 Å². The van der Waals surface area contributed by atoms with Crippen molar-refractivity contribution < 1.29 is 4.79 Å². The van der Waals surface area contributed by atoms with Crippen LogP contribution in [-0.2, 0) is 0 Å². The summed E-state index contributed by atoms with van der Waals surface area (Å²) >= 11 is 12.1. The molecule has 1 amide bonds. The Hall–Kier alpha value is -0.770. The van der Waals surface area contributed by atoms with E-state index in [1.54, 1.807) is 18.2 Å². The van der Waals surface area contributed by atoms with E-state index in [9.17, 15) is 4.79 Å². The average Bonchev–Trinajstić information content (AvgIpc) is 2.41. The van der Waals surface area contributed by atoms with Gasteiger partial charge in [0.1, 0.15) is 0 Å². The lowest BCUT2D eigenvalue weighted by Gasteiger charge is -2.35. The lowest BCUT2D eigenvalue weighted by atomic mass is 10.1. The Morgan fingerprint density at radius 3 is 2.45 bits per heavy atom. The van der Waals surface area contributed by atoms with Crippen molar-refractivity contribution in [3.05, 3.63) is 33.8 Å². The zero-order valence-corrected chi connectivity index (χ0v) is 13.4. The molecule has 0 spiro atoms. The highest BCUT2D eigenvalue weighted by atomic mass is 35.5. The van der Waals surface area contributed by atoms with Crippen LogP contribution in [0.15, 0.2) is 18.2 Å². The third-order valence-corrected chi connectivity index (χ3v) is 4.28. The standard InChI is InChI=1S/C15H20Cl2N2O/c1-11(2)10-18-6-8-19(9-7-18)15(20)12-4-3-5-13(16)14(12)17/h3-5,11H,6-10H2,1-2H3. The van der Waals surface area contributed by atoms with Crippen LogP contribution in [0, 0.1) is 5.92 Å². The van der Waals surface area contributed by atoms with Crippen LogP contribution in [0.4, 0.5) is 0 Å². The first kappa shape index (κ1) is 15.6. The Morgan fingerprint density at radius 1 is 1.20 bits per heavy atom. The summed E-state index contributed by atoms with van der Waals surface area (Å²) in [6.07, 6.45) is 0. The number of amides is 1. The van der Waals surface area contributed by atoms with E-state index < -0.39 is 0 Å². The minimum absolute atomic E-state index is 0.0262. The second-order valence-corrected chi connectivity index (χ2v) is 6.37. The lowest BCUT2D eigenvalue weighted by molar-refractivity contribution is 0.0624. The van der Waals surface area contributed by atoms with Gasteiger partial charge in [0, 0.05) is 32.7 Å². The second kappa shape index (κ2) is 6.79. The molecule has 0 aromatic heterocycles. The number of piperazine rings is 1. The molecular weight excluding hydrogens is 295 g/mol. The highest BCUT2D eigenvalue weighted by Crippen LogP contribution is 2.26. The summed E-state index contributed by atoms with van der Waals surface area (Å²) in [6, 6.07) is 5.19. The van der Waals surface area contributed by atoms with Gasteiger partial charge in [-0.1, -0.05) is 43.1 Å². The van der Waals surface area contributed by atoms with E-state index >= 15 is 0 Å². The van der Waals surface area contributed by atoms with Crippen LogP contribution in [0.3, 0.4) is 0 Å². The number of nitrogens with zero attached hydrogens (tertiary/aromatic N) is 2. The fourth-order valence-corrected chi connectivity index (χ4v) is 2.87. The molecule has 1 heterocycles. The maximum Gasteiger partial charge on any atom is 0.255 e. The van der Waals surface area contributed by atoms with E-state index in [1.807, 2.05) is 4.90 Å². The van der Waals surface area contributed by atoms with Crippen molar-refractivity contribution in [3.63, 3.8) is 0 Å². The molecule has 110 valence electrons. The van der Waals surface area contributed by atoms with E-state index in [0.29, 0.717) is 21.5 Å². The molecule has 1 aromatic rings. The van der Waals surface area contributed by atoms with Crippen LogP contribution in [0.5, 0.6) is 0 Å². The van der Waals surface area contributed by atoms with E-state index in [2.05, 4.69) is 18.7 Å². The maximum atomic E-state index is 12.5. The van der Waals surface area contributed by atoms with Crippen molar-refractivity contribution >= 4 is 29.1 Å². The second-order valence-electron chi connectivity index (χ2n) is 5.59. The molecule has 0 radical (unpaired) electrons. The SMILES string of the molecule is CC(C)CN1CCN(C(=O)c2cccc(Cl)c2Cl)CC1. The van der Waals surface area contributed by atoms with Gasteiger partial charge in [-0.2, -0.15) is 0 Å². The Labute approximate surface area is 130 Å². The first-order chi connectivity index (χ1) is 9.49. The summed E-state index contributed by atoms with van der Waals surface area (Å²) in [7, 11) is 0. The van der Waals surface area contributed by atoms with Gasteiger partial charge in [0.25, 0.3) is 5.91 Å². The van der Waals surface area contributed by atoms with Gasteiger partial charge in [0.15, 0.2) is 0 Å². The molecule has 0 aliphatic carbocycles. The minimum atomic E-state index is -0.0262. The average molecular weight is 315 g/mol. The number of carbonyl (C=O) groups is 1. The number of rotatable bonds is 3. The highest BCUT2D eigenvalue weighted by molar-refractivity contribution is 6.43. The third kappa shape index (κ3) is 3.66. The van der Waals surface area contributed by atoms with Gasteiger partial charge in [0.05, 0.1) is 15.6 Å². The third-order valence-electron chi connectivity index (χ3n) is 3.46. The van der Waals surface area contributed by atoms with Crippen molar-refractivity contribution in [2.45, 2.75) is 13.8 Å². The predicted molar refractivity (Wildman–Crippen MR) is 83.6 cm³/mol. The van der Waals surface area contributed by atoms with Crippen molar-refractivity contribution in [3.8, 4) is 0 Å². The van der Waals surface area contributed by atoms with Crippen molar-refractivity contribution in [2.75, 3.05) is 32.7 Å². The zero-order valence-electron chi connectivity index (χ0n) is 11.9. The molecule has 1 aromatic carbocycles. The summed E-state index contributed by atoms with van der Waals surface area (Å²) in [6.45, 7) is 8.83. The van der Waals surface area contributed by atoms with Gasteiger partial charge in [-0.05, 0) is 18.1 Å². The summed E-state index contributed by atoms with van der Waals surface area (Å²) < 4.78 is 0. The van der Waals surface area contributed by atoms with Crippen LogP contribution < -0.4 is 0 Å². The number of halogens is 2. The molecule has 0 N–H and O–H groups in total. The summed E-state index contributed by atoms with van der Waals surface area (Å²) in [5, 5.41) is 0.778. The van der Waals surface area contributed by atoms with E-state index in [-0.39, 0.29) is 5.91 Å². The molecule has 0 atom stereocenters. The molecule has 1 aliphatic rings. The summed E-state index contributed by atoms with van der Waals surface area (Å²) in [4.78, 5) is 16.7. The van der Waals surface area contributed by atoms with Gasteiger partial charge < -0.3 is 4.90 Å². The highest BCUT2D eigenvalue weighted by Gasteiger charge is 2.24. The van der Waals surface area contributed by atoms with Crippen LogP contribution in [-0.4, -0.2) is 48.4 Å². The van der Waals surface area contributed by atoms with Crippen molar-refractivity contribution in [1.29, 1.82) is 0 Å². The molecule has 0 saturated carbocycles. The van der Waals surface area contributed by atoms with Gasteiger partial charge in [-0.3, -0.25) is 9.69 Å². The fraction of sp³-hybridized carbons (Fsp3) is 0.533. The first-order valence-corrected chi connectivity index (χ1v) is 7.70. The minimum Gasteiger partial charge on any atom is -0.336 e. The molecule has 0 bridgehead atoms. The topological polar surface area (TPSA) is 23.6 Å². The summed E-state index contributed by atoms with van der Waals surface area (Å²) in [5.74, 6) is 0.626. The smallest absolute Gasteiger partial charge is 0.255 e. The van der Waals surface area contributed by atoms with Gasteiger partial charge >= 0.3 is 0 Å². The number of hydrogen-bond acceptors (Lipinski definition) is 2. The van der Waals surface area contributed by atoms with Crippen molar-refractivity contribution in [1.82, 2.24) is 9.80 Å². The Balaban J connectivity index is 2.00. The van der Waals surface area contributed by atoms with Gasteiger partial charge in [0.2, 0.25) is 0 Å². The monoisotopic (exact) mass is 314 g/mol. The first-order valence-electron chi connectivity index (χ1n) is 6.94. The van der Waals surface area contributed by atoms with E-state index in [1.165, 1.54) is 0 Å². The molecule has 1 saturated heterocycles. The van der Waals surface area contributed by atoms with E-state index in [0.717, 1.165) is 32.7 Å². The molecule has 0 unspecified atom stereocenters. The molecular formula is C15H20Cl2N2O. The Kier molecular flexibility index (Phi) is 5.30. The van der Waals surface area contributed by atoms with Crippen LogP contribution in [0.2, 0.25) is 10.0 Å². The van der Waals surface area contributed by atoms with Gasteiger partial charge in [-0.15, -0.1) is 0 Å². The lowest BCUT2D eigenvalue weighted by Crippen LogP contribution is -2.49. The molecule has 5 heteroatoms. The predicted octanol–water partition coefficient (Wildman–Crippen LogP) is 3.41. The number of hydrogen-bond donors (Lipinski definition) is 0. The maximum absolute atomic E-state index is 12.5. The number of carbonyl (C=O) groups excluding carboxylic acids is 1. The quantitative estimate of drug-likeness (QED) is 0.853. The van der Waals surface area contributed by atoms with Gasteiger partial charge in [-0.25, -0.2) is 0 Å². The Morgan fingerprint density at radius 2 is 1.85 bits per heavy atom. The van der Waals surface area contributed by atoms with Crippen LogP contribution in [0.25, 0.3) is 0 Å². The van der Waals surface area contributed by atoms with Crippen LogP contribution >= 0.6 is 23.2 Å². The molecule has 1 fully saturated rings. The Bertz CT molecular complexity index is 483. The largest absolute Gasteiger partial charge is 0.336 e. The normalized spacial score (nSPS) is 16.8. The molecule has 2 rings (SSSR count). The van der Waals surface area contributed by atoms with E-state index in [4.69, 9.17) is 23.2 Å². The fourth-order valence-electron chi connectivity index (χ4n) is 2.49. The molecule has 1 aliphatic heterocycles. The zero-order chi connectivity index (χ0) is 14.7. The molecule has 20 heavy (non-hydrogen) atoms. The van der Waals surface area contributed by atoms with Crippen molar-refractivity contribution in [2.24, 2.45) is 5.92 Å². The molecule has 3 nitrogen and oxygen atoms in total. The summed E-state index contributed by atoms with van der Waals surface area (Å²) in [5.41, 5.74) is 0.497.